The lowest BCUT2D eigenvalue weighted by Crippen LogP contribution is -2.25. The highest BCUT2D eigenvalue weighted by molar-refractivity contribution is 7.22. The molecule has 0 aliphatic rings. The van der Waals surface area contributed by atoms with Crippen LogP contribution in [0.25, 0.3) is 10.2 Å². The zero-order valence-corrected chi connectivity index (χ0v) is 17.9. The van der Waals surface area contributed by atoms with E-state index in [0.717, 1.165) is 27.1 Å². The lowest BCUT2D eigenvalue weighted by molar-refractivity contribution is 0.0988. The molecule has 0 radical (unpaired) electrons. The summed E-state index contributed by atoms with van der Waals surface area (Å²) in [7, 11) is 1.62. The molecule has 4 aromatic rings. The Morgan fingerprint density at radius 3 is 2.67 bits per heavy atom. The van der Waals surface area contributed by atoms with Gasteiger partial charge in [-0.15, -0.1) is 0 Å². The molecule has 0 aliphatic heterocycles. The smallest absolute Gasteiger partial charge is 0.280 e. The van der Waals surface area contributed by atoms with Crippen LogP contribution in [0.5, 0.6) is 5.75 Å². The molecule has 0 aliphatic carbocycles. The first-order valence-electron chi connectivity index (χ1n) is 9.19. The van der Waals surface area contributed by atoms with Crippen molar-refractivity contribution in [3.8, 4) is 5.75 Å². The Morgan fingerprint density at radius 1 is 1.13 bits per heavy atom. The van der Waals surface area contributed by atoms with Gasteiger partial charge in [-0.1, -0.05) is 58.8 Å². The van der Waals surface area contributed by atoms with Crippen molar-refractivity contribution >= 4 is 50.4 Å². The second-order valence-electron chi connectivity index (χ2n) is 6.61. The third-order valence-corrected chi connectivity index (χ3v) is 5.66. The van der Waals surface area contributed by atoms with Crippen molar-refractivity contribution in [2.75, 3.05) is 12.1 Å². The highest BCUT2D eigenvalue weighted by Gasteiger charge is 2.21. The van der Waals surface area contributed by atoms with Crippen LogP contribution in [0.15, 0.2) is 71.8 Å². The molecule has 5 nitrogen and oxygen atoms in total. The van der Waals surface area contributed by atoms with E-state index in [-0.39, 0.29) is 5.91 Å². The summed E-state index contributed by atoms with van der Waals surface area (Å²) in [4.78, 5) is 17.9. The van der Waals surface area contributed by atoms with Crippen LogP contribution in [-0.2, 0) is 0 Å². The van der Waals surface area contributed by atoms with Crippen molar-refractivity contribution in [2.45, 2.75) is 6.92 Å². The molecule has 0 spiro atoms. The monoisotopic (exact) mass is 435 g/mol. The fourth-order valence-electron chi connectivity index (χ4n) is 2.82. The molecular formula is C23H18ClN3O2S. The number of halogens is 1. The average Bonchev–Trinajstić information content (AvgIpc) is 3.17. The van der Waals surface area contributed by atoms with Crippen molar-refractivity contribution in [1.82, 2.24) is 4.98 Å². The first kappa shape index (κ1) is 20.1. The molecule has 1 heterocycles. The van der Waals surface area contributed by atoms with Gasteiger partial charge in [0.2, 0.25) is 5.13 Å². The van der Waals surface area contributed by atoms with Gasteiger partial charge < -0.3 is 4.74 Å². The summed E-state index contributed by atoms with van der Waals surface area (Å²) in [6, 6.07) is 20.3. The average molecular weight is 436 g/mol. The molecule has 0 bridgehead atoms. The highest BCUT2D eigenvalue weighted by atomic mass is 35.5. The minimum atomic E-state index is -0.313. The number of methoxy groups -OCH3 is 1. The number of carbonyl (C=O) groups is 1. The van der Waals surface area contributed by atoms with Gasteiger partial charge in [-0.3, -0.25) is 4.79 Å². The fraction of sp³-hybridized carbons (Fsp3) is 0.0870. The summed E-state index contributed by atoms with van der Waals surface area (Å²) in [5.74, 6) is 0.417. The van der Waals surface area contributed by atoms with Crippen LogP contribution in [-0.4, -0.2) is 24.2 Å². The number of carbonyl (C=O) groups excluding carboxylic acids is 1. The molecule has 0 atom stereocenters. The Hall–Kier alpha value is -3.22. The molecule has 3 aromatic carbocycles. The summed E-state index contributed by atoms with van der Waals surface area (Å²) in [6.07, 6.45) is 1.65. The summed E-state index contributed by atoms with van der Waals surface area (Å²) < 4.78 is 6.19. The summed E-state index contributed by atoms with van der Waals surface area (Å²) in [5, 5.41) is 6.73. The Kier molecular flexibility index (Phi) is 5.79. The van der Waals surface area contributed by atoms with Crippen LogP contribution in [0.1, 0.15) is 21.5 Å². The topological polar surface area (TPSA) is 54.8 Å². The van der Waals surface area contributed by atoms with E-state index in [2.05, 4.69) is 10.1 Å². The number of thiazole rings is 1. The molecule has 0 saturated carbocycles. The van der Waals surface area contributed by atoms with Gasteiger partial charge in [0.1, 0.15) is 5.75 Å². The minimum absolute atomic E-state index is 0.313. The van der Waals surface area contributed by atoms with Crippen LogP contribution in [0.3, 0.4) is 0 Å². The summed E-state index contributed by atoms with van der Waals surface area (Å²) in [6.45, 7) is 2.02. The lowest BCUT2D eigenvalue weighted by atomic mass is 10.2. The standard InChI is InChI=1S/C23H18ClN3O2S/c1-15-6-8-16(9-7-15)14-25-27(22(28)17-4-3-5-18(24)12-17)23-26-20-11-10-19(29-2)13-21(20)30-23/h3-14H,1-2H3/b25-14+. The van der Waals surface area contributed by atoms with Crippen LogP contribution in [0, 0.1) is 6.92 Å². The summed E-state index contributed by atoms with van der Waals surface area (Å²) >= 11 is 7.46. The van der Waals surface area contributed by atoms with Gasteiger partial charge in [-0.2, -0.15) is 10.1 Å². The van der Waals surface area contributed by atoms with Crippen molar-refractivity contribution in [1.29, 1.82) is 0 Å². The summed E-state index contributed by atoms with van der Waals surface area (Å²) in [5.41, 5.74) is 3.23. The maximum atomic E-state index is 13.3. The van der Waals surface area contributed by atoms with Crippen LogP contribution in [0.2, 0.25) is 5.02 Å². The van der Waals surface area contributed by atoms with Crippen LogP contribution < -0.4 is 9.75 Å². The van der Waals surface area contributed by atoms with Crippen molar-refractivity contribution in [3.05, 3.63) is 88.4 Å². The minimum Gasteiger partial charge on any atom is -0.497 e. The Bertz CT molecular complexity index is 1230. The van der Waals surface area contributed by atoms with E-state index >= 15 is 0 Å². The number of benzene rings is 3. The number of aryl methyl sites for hydroxylation is 1. The van der Waals surface area contributed by atoms with Crippen molar-refractivity contribution in [3.63, 3.8) is 0 Å². The van der Waals surface area contributed by atoms with E-state index in [4.69, 9.17) is 16.3 Å². The first-order valence-corrected chi connectivity index (χ1v) is 10.4. The van der Waals surface area contributed by atoms with E-state index in [1.54, 1.807) is 37.6 Å². The van der Waals surface area contributed by atoms with E-state index < -0.39 is 0 Å². The molecule has 150 valence electrons. The predicted molar refractivity (Wildman–Crippen MR) is 123 cm³/mol. The highest BCUT2D eigenvalue weighted by Crippen LogP contribution is 2.32. The predicted octanol–water partition coefficient (Wildman–Crippen LogP) is 5.95. The van der Waals surface area contributed by atoms with Crippen molar-refractivity contribution < 1.29 is 9.53 Å². The molecule has 0 fully saturated rings. The number of aromatic nitrogens is 1. The molecule has 0 unspecified atom stereocenters. The van der Waals surface area contributed by atoms with E-state index in [1.807, 2.05) is 49.4 Å². The molecule has 0 saturated heterocycles. The fourth-order valence-corrected chi connectivity index (χ4v) is 3.96. The number of anilines is 1. The molecule has 1 aromatic heterocycles. The Morgan fingerprint density at radius 2 is 1.93 bits per heavy atom. The number of hydrogen-bond donors (Lipinski definition) is 0. The molecule has 0 N–H and O–H groups in total. The van der Waals surface area contributed by atoms with E-state index in [1.165, 1.54) is 16.3 Å². The second kappa shape index (κ2) is 8.65. The SMILES string of the molecule is COc1ccc2nc(N(/N=C/c3ccc(C)cc3)C(=O)c3cccc(Cl)c3)sc2c1. The third-order valence-electron chi connectivity index (χ3n) is 4.43. The van der Waals surface area contributed by atoms with Gasteiger partial charge >= 0.3 is 0 Å². The number of nitrogens with zero attached hydrogens (tertiary/aromatic N) is 3. The molecule has 7 heteroatoms. The van der Waals surface area contributed by atoms with Gasteiger partial charge in [0.25, 0.3) is 5.91 Å². The van der Waals surface area contributed by atoms with E-state index in [9.17, 15) is 4.79 Å². The number of rotatable bonds is 5. The molecule has 30 heavy (non-hydrogen) atoms. The van der Waals surface area contributed by atoms with E-state index in [0.29, 0.717) is 15.7 Å². The maximum Gasteiger partial charge on any atom is 0.280 e. The number of hydrogen-bond acceptors (Lipinski definition) is 5. The zero-order valence-electron chi connectivity index (χ0n) is 16.4. The lowest BCUT2D eigenvalue weighted by Gasteiger charge is -2.14. The molecule has 4 rings (SSSR count). The Labute approximate surface area is 183 Å². The van der Waals surface area contributed by atoms with Gasteiger partial charge in [-0.25, -0.2) is 4.98 Å². The third kappa shape index (κ3) is 4.35. The largest absolute Gasteiger partial charge is 0.497 e. The maximum absolute atomic E-state index is 13.3. The van der Waals surface area contributed by atoms with Gasteiger partial charge in [-0.05, 0) is 48.9 Å². The van der Waals surface area contributed by atoms with Gasteiger partial charge in [0.05, 0.1) is 23.5 Å². The first-order chi connectivity index (χ1) is 14.5. The normalized spacial score (nSPS) is 11.2. The number of hydrazone groups is 1. The number of ether oxygens (including phenoxy) is 1. The number of fused-ring (bicyclic) bond motifs is 1. The molecular weight excluding hydrogens is 418 g/mol. The van der Waals surface area contributed by atoms with Crippen molar-refractivity contribution in [2.24, 2.45) is 5.10 Å². The van der Waals surface area contributed by atoms with Crippen LogP contribution in [0.4, 0.5) is 5.13 Å². The zero-order chi connectivity index (χ0) is 21.1. The quantitative estimate of drug-likeness (QED) is 0.287. The molecule has 1 amide bonds. The van der Waals surface area contributed by atoms with Gasteiger partial charge in [0, 0.05) is 10.6 Å². The van der Waals surface area contributed by atoms with Gasteiger partial charge in [0.15, 0.2) is 0 Å². The Balaban J connectivity index is 1.76. The number of amides is 1. The van der Waals surface area contributed by atoms with Crippen LogP contribution >= 0.6 is 22.9 Å². The second-order valence-corrected chi connectivity index (χ2v) is 8.06.